The van der Waals surface area contributed by atoms with Crippen LogP contribution in [0.25, 0.3) is 0 Å². The molecule has 1 aliphatic rings. The van der Waals surface area contributed by atoms with Gasteiger partial charge in [-0.3, -0.25) is 9.69 Å². The van der Waals surface area contributed by atoms with Gasteiger partial charge in [0.05, 0.1) is 18.3 Å². The van der Waals surface area contributed by atoms with Crippen LogP contribution in [0.2, 0.25) is 0 Å². The average Bonchev–Trinajstić information content (AvgIpc) is 2.67. The zero-order chi connectivity index (χ0) is 20.1. The summed E-state index contributed by atoms with van der Waals surface area (Å²) in [6.07, 6.45) is -5.13. The van der Waals surface area contributed by atoms with Gasteiger partial charge in [0.1, 0.15) is 5.82 Å². The number of morpholine rings is 1. The first-order valence-corrected chi connectivity index (χ1v) is 8.86. The minimum absolute atomic E-state index is 0.156. The Kier molecular flexibility index (Phi) is 6.31. The number of hydrogen-bond donors (Lipinski definition) is 1. The summed E-state index contributed by atoms with van der Waals surface area (Å²) in [5.74, 6) is -2.11. The van der Waals surface area contributed by atoms with E-state index in [2.05, 4.69) is 10.2 Å². The lowest BCUT2D eigenvalue weighted by Crippen LogP contribution is -2.47. The lowest BCUT2D eigenvalue weighted by Gasteiger charge is -2.33. The smallest absolute Gasteiger partial charge is 0.374 e. The average molecular weight is 396 g/mol. The molecule has 0 spiro atoms. The molecular weight excluding hydrogens is 376 g/mol. The van der Waals surface area contributed by atoms with Gasteiger partial charge < -0.3 is 10.1 Å². The van der Waals surface area contributed by atoms with Crippen molar-refractivity contribution in [3.8, 4) is 0 Å². The van der Waals surface area contributed by atoms with Crippen LogP contribution in [0.5, 0.6) is 0 Å². The first kappa shape index (κ1) is 20.3. The monoisotopic (exact) mass is 396 g/mol. The van der Waals surface area contributed by atoms with Gasteiger partial charge in [-0.2, -0.15) is 13.2 Å². The number of hydrogen-bond acceptors (Lipinski definition) is 3. The normalized spacial score (nSPS) is 18.1. The van der Waals surface area contributed by atoms with Crippen molar-refractivity contribution in [2.75, 3.05) is 26.2 Å². The number of nitrogens with one attached hydrogen (secondary N) is 1. The van der Waals surface area contributed by atoms with E-state index in [4.69, 9.17) is 4.74 Å². The molecule has 1 aliphatic heterocycles. The summed E-state index contributed by atoms with van der Waals surface area (Å²) in [6, 6.07) is 12.1. The zero-order valence-electron chi connectivity index (χ0n) is 15.0. The molecule has 0 aromatic heterocycles. The molecule has 8 heteroatoms. The van der Waals surface area contributed by atoms with Gasteiger partial charge in [-0.05, 0) is 23.8 Å². The molecular formula is C20H20F4N2O2. The number of halogens is 4. The highest BCUT2D eigenvalue weighted by molar-refractivity contribution is 5.94. The fourth-order valence-corrected chi connectivity index (χ4v) is 3.08. The summed E-state index contributed by atoms with van der Waals surface area (Å²) in [5, 5.41) is 2.57. The van der Waals surface area contributed by atoms with Crippen LogP contribution in [0, 0.1) is 5.82 Å². The fourth-order valence-electron chi connectivity index (χ4n) is 3.08. The molecule has 150 valence electrons. The molecule has 1 unspecified atom stereocenters. The molecule has 0 aliphatic carbocycles. The van der Waals surface area contributed by atoms with Crippen molar-refractivity contribution in [3.05, 3.63) is 71.0 Å². The molecule has 1 N–H and O–H groups in total. The first-order chi connectivity index (χ1) is 13.3. The van der Waals surface area contributed by atoms with Crippen LogP contribution in [-0.4, -0.2) is 43.2 Å². The third-order valence-corrected chi connectivity index (χ3v) is 4.50. The lowest BCUT2D eigenvalue weighted by molar-refractivity contribution is -0.140. The molecule has 28 heavy (non-hydrogen) atoms. The van der Waals surface area contributed by atoms with Gasteiger partial charge in [-0.1, -0.05) is 30.3 Å². The fraction of sp³-hybridized carbons (Fsp3) is 0.350. The van der Waals surface area contributed by atoms with Crippen molar-refractivity contribution < 1.29 is 27.1 Å². The van der Waals surface area contributed by atoms with Gasteiger partial charge in [0.15, 0.2) is 0 Å². The number of nitrogens with zero attached hydrogens (tertiary/aromatic N) is 1. The Morgan fingerprint density at radius 3 is 2.64 bits per heavy atom. The third kappa shape index (κ3) is 5.30. The predicted octanol–water partition coefficient (Wildman–Crippen LogP) is 3.48. The molecule has 1 fully saturated rings. The Morgan fingerprint density at radius 1 is 1.18 bits per heavy atom. The molecule has 1 atom stereocenters. The molecule has 1 saturated heterocycles. The second-order valence-corrected chi connectivity index (χ2v) is 6.62. The van der Waals surface area contributed by atoms with E-state index in [1.54, 1.807) is 0 Å². The highest BCUT2D eigenvalue weighted by atomic mass is 19.4. The predicted molar refractivity (Wildman–Crippen MR) is 95.2 cm³/mol. The van der Waals surface area contributed by atoms with Gasteiger partial charge in [-0.25, -0.2) is 4.39 Å². The second kappa shape index (κ2) is 8.70. The molecule has 1 amide bonds. The third-order valence-electron chi connectivity index (χ3n) is 4.50. The molecule has 0 bridgehead atoms. The lowest BCUT2D eigenvalue weighted by atomic mass is 10.1. The molecule has 1 heterocycles. The van der Waals surface area contributed by atoms with Crippen molar-refractivity contribution in [1.82, 2.24) is 10.2 Å². The number of amides is 1. The van der Waals surface area contributed by atoms with E-state index < -0.39 is 23.5 Å². The minimum atomic E-state index is -4.86. The van der Waals surface area contributed by atoms with E-state index in [0.717, 1.165) is 24.7 Å². The quantitative estimate of drug-likeness (QED) is 0.787. The maximum absolute atomic E-state index is 13.4. The molecule has 4 nitrogen and oxygen atoms in total. The van der Waals surface area contributed by atoms with Crippen LogP contribution in [0.15, 0.2) is 48.5 Å². The van der Waals surface area contributed by atoms with E-state index in [0.29, 0.717) is 25.3 Å². The largest absolute Gasteiger partial charge is 0.419 e. The van der Waals surface area contributed by atoms with Crippen molar-refractivity contribution in [1.29, 1.82) is 0 Å². The van der Waals surface area contributed by atoms with Crippen LogP contribution in [0.3, 0.4) is 0 Å². The molecule has 3 rings (SSSR count). The summed E-state index contributed by atoms with van der Waals surface area (Å²) >= 11 is 0. The Hall–Kier alpha value is -2.45. The van der Waals surface area contributed by atoms with Gasteiger partial charge in [0, 0.05) is 31.7 Å². The highest BCUT2D eigenvalue weighted by Gasteiger charge is 2.34. The maximum Gasteiger partial charge on any atom is 0.419 e. The second-order valence-electron chi connectivity index (χ2n) is 6.62. The highest BCUT2D eigenvalue weighted by Crippen LogP contribution is 2.31. The van der Waals surface area contributed by atoms with E-state index in [-0.39, 0.29) is 18.2 Å². The Morgan fingerprint density at radius 2 is 1.93 bits per heavy atom. The summed E-state index contributed by atoms with van der Waals surface area (Å²) in [7, 11) is 0. The topological polar surface area (TPSA) is 41.6 Å². The Balaban J connectivity index is 1.55. The van der Waals surface area contributed by atoms with Crippen molar-refractivity contribution >= 4 is 5.91 Å². The SMILES string of the molecule is O=C(NCC1CN(Cc2ccccc2)CCO1)c1ccc(F)c(C(F)(F)F)c1. The molecule has 0 radical (unpaired) electrons. The number of rotatable bonds is 5. The Labute approximate surface area is 160 Å². The first-order valence-electron chi connectivity index (χ1n) is 8.86. The van der Waals surface area contributed by atoms with Crippen molar-refractivity contribution in [3.63, 3.8) is 0 Å². The van der Waals surface area contributed by atoms with Gasteiger partial charge in [0.25, 0.3) is 5.91 Å². The maximum atomic E-state index is 13.4. The molecule has 0 saturated carbocycles. The van der Waals surface area contributed by atoms with Crippen molar-refractivity contribution in [2.24, 2.45) is 0 Å². The van der Waals surface area contributed by atoms with Crippen LogP contribution in [0.1, 0.15) is 21.5 Å². The summed E-state index contributed by atoms with van der Waals surface area (Å²) in [4.78, 5) is 14.4. The zero-order valence-corrected chi connectivity index (χ0v) is 15.0. The van der Waals surface area contributed by atoms with Crippen LogP contribution >= 0.6 is 0 Å². The van der Waals surface area contributed by atoms with Gasteiger partial charge in [0.2, 0.25) is 0 Å². The standard InChI is InChI=1S/C20H20F4N2O2/c21-18-7-6-15(10-17(18)20(22,23)24)19(27)25-11-16-13-26(8-9-28-16)12-14-4-2-1-3-5-14/h1-7,10,16H,8-9,11-13H2,(H,25,27). The van der Waals surface area contributed by atoms with E-state index in [1.165, 1.54) is 0 Å². The van der Waals surface area contributed by atoms with E-state index in [9.17, 15) is 22.4 Å². The van der Waals surface area contributed by atoms with Gasteiger partial charge >= 0.3 is 6.18 Å². The number of alkyl halides is 3. The number of benzene rings is 2. The summed E-state index contributed by atoms with van der Waals surface area (Å²) in [5.41, 5.74) is -0.535. The van der Waals surface area contributed by atoms with Crippen LogP contribution in [0.4, 0.5) is 17.6 Å². The summed E-state index contributed by atoms with van der Waals surface area (Å²) < 4.78 is 57.4. The molecule has 2 aromatic carbocycles. The van der Waals surface area contributed by atoms with E-state index >= 15 is 0 Å². The summed E-state index contributed by atoms with van der Waals surface area (Å²) in [6.45, 7) is 2.76. The van der Waals surface area contributed by atoms with Gasteiger partial charge in [-0.15, -0.1) is 0 Å². The van der Waals surface area contributed by atoms with Crippen LogP contribution < -0.4 is 5.32 Å². The minimum Gasteiger partial charge on any atom is -0.374 e. The Bertz CT molecular complexity index is 812. The number of carbonyl (C=O) groups is 1. The van der Waals surface area contributed by atoms with Crippen LogP contribution in [-0.2, 0) is 17.5 Å². The number of carbonyl (C=O) groups excluding carboxylic acids is 1. The van der Waals surface area contributed by atoms with Crippen molar-refractivity contribution in [2.45, 2.75) is 18.8 Å². The van der Waals surface area contributed by atoms with E-state index in [1.807, 2.05) is 30.3 Å². The number of ether oxygens (including phenoxy) is 1. The molecule has 2 aromatic rings.